The molecule has 0 aliphatic heterocycles. The minimum Gasteiger partial charge on any atom is -0.393 e. The summed E-state index contributed by atoms with van der Waals surface area (Å²) in [4.78, 5) is 0. The summed E-state index contributed by atoms with van der Waals surface area (Å²) in [7, 11) is 0. The van der Waals surface area contributed by atoms with Gasteiger partial charge in [0.1, 0.15) is 0 Å². The Bertz CT molecular complexity index is 183. The average Bonchev–Trinajstić information content (AvgIpc) is 2.29. The second-order valence-corrected chi connectivity index (χ2v) is 5.36. The highest BCUT2D eigenvalue weighted by molar-refractivity contribution is 5.85. The molecule has 96 valence electrons. The first kappa shape index (κ1) is 14.3. The highest BCUT2D eigenvalue weighted by Gasteiger charge is 2.23. The van der Waals surface area contributed by atoms with Gasteiger partial charge in [-0.25, -0.2) is 0 Å². The minimum atomic E-state index is -0.0326. The third-order valence-corrected chi connectivity index (χ3v) is 4.14. The van der Waals surface area contributed by atoms with Gasteiger partial charge in [0.05, 0.1) is 6.10 Å². The second kappa shape index (κ2) is 7.52. The first-order valence-corrected chi connectivity index (χ1v) is 6.78. The molecule has 0 amide bonds. The van der Waals surface area contributed by atoms with Crippen LogP contribution in [0.5, 0.6) is 0 Å². The Balaban J connectivity index is 0.00000128. The van der Waals surface area contributed by atoms with Gasteiger partial charge in [0.2, 0.25) is 0 Å². The Kier molecular flexibility index (Phi) is 6.71. The number of hydrogen-bond acceptors (Lipinski definition) is 2. The highest BCUT2D eigenvalue weighted by Crippen LogP contribution is 2.24. The van der Waals surface area contributed by atoms with Crippen LogP contribution in [0.3, 0.4) is 0 Å². The maximum Gasteiger partial charge on any atom is 0.0580 e. The molecular weight excluding hydrogens is 222 g/mol. The quantitative estimate of drug-likeness (QED) is 0.804. The zero-order valence-electron chi connectivity index (χ0n) is 10.2. The van der Waals surface area contributed by atoms with Crippen molar-refractivity contribution in [3.8, 4) is 0 Å². The summed E-state index contributed by atoms with van der Waals surface area (Å²) in [6, 6.07) is 0.743. The molecule has 2 aliphatic rings. The smallest absolute Gasteiger partial charge is 0.0580 e. The fourth-order valence-corrected chi connectivity index (χ4v) is 3.05. The van der Waals surface area contributed by atoms with Crippen LogP contribution in [0.2, 0.25) is 0 Å². The topological polar surface area (TPSA) is 32.3 Å². The van der Waals surface area contributed by atoms with Crippen LogP contribution in [-0.4, -0.2) is 23.8 Å². The molecule has 2 rings (SSSR count). The molecule has 16 heavy (non-hydrogen) atoms. The van der Waals surface area contributed by atoms with Crippen molar-refractivity contribution in [2.24, 2.45) is 5.92 Å². The van der Waals surface area contributed by atoms with E-state index < -0.39 is 0 Å². The van der Waals surface area contributed by atoms with Crippen molar-refractivity contribution in [3.63, 3.8) is 0 Å². The largest absolute Gasteiger partial charge is 0.393 e. The predicted octanol–water partition coefficient (Wildman–Crippen LogP) is 2.88. The van der Waals surface area contributed by atoms with Crippen molar-refractivity contribution < 1.29 is 5.11 Å². The molecule has 2 fully saturated rings. The zero-order valence-corrected chi connectivity index (χ0v) is 11.0. The van der Waals surface area contributed by atoms with Crippen LogP contribution in [-0.2, 0) is 0 Å². The van der Waals surface area contributed by atoms with E-state index in [4.69, 9.17) is 0 Å². The molecule has 0 bridgehead atoms. The van der Waals surface area contributed by atoms with E-state index in [2.05, 4.69) is 5.32 Å². The zero-order chi connectivity index (χ0) is 10.5. The third-order valence-electron chi connectivity index (χ3n) is 4.14. The number of aliphatic hydroxyl groups excluding tert-OH is 1. The van der Waals surface area contributed by atoms with Crippen LogP contribution in [0.1, 0.15) is 57.8 Å². The Morgan fingerprint density at radius 1 is 0.875 bits per heavy atom. The maximum absolute atomic E-state index is 9.86. The van der Waals surface area contributed by atoms with Crippen LogP contribution in [0.25, 0.3) is 0 Å². The average molecular weight is 248 g/mol. The van der Waals surface area contributed by atoms with Gasteiger partial charge in [-0.1, -0.05) is 32.1 Å². The highest BCUT2D eigenvalue weighted by atomic mass is 35.5. The fourth-order valence-electron chi connectivity index (χ4n) is 3.05. The molecule has 3 heteroatoms. The Labute approximate surface area is 106 Å². The molecule has 0 aromatic rings. The molecule has 0 aromatic carbocycles. The van der Waals surface area contributed by atoms with Gasteiger partial charge in [0.25, 0.3) is 0 Å². The van der Waals surface area contributed by atoms with E-state index in [9.17, 15) is 5.11 Å². The van der Waals surface area contributed by atoms with Crippen LogP contribution >= 0.6 is 12.4 Å². The summed E-state index contributed by atoms with van der Waals surface area (Å²) in [5, 5.41) is 13.5. The van der Waals surface area contributed by atoms with E-state index >= 15 is 0 Å². The van der Waals surface area contributed by atoms with E-state index in [1.54, 1.807) is 0 Å². The lowest BCUT2D eigenvalue weighted by atomic mass is 9.86. The first-order chi connectivity index (χ1) is 7.36. The van der Waals surface area contributed by atoms with E-state index in [1.165, 1.54) is 51.4 Å². The van der Waals surface area contributed by atoms with Gasteiger partial charge in [0.15, 0.2) is 0 Å². The van der Waals surface area contributed by atoms with E-state index in [0.29, 0.717) is 5.92 Å². The number of halogens is 1. The molecule has 2 saturated carbocycles. The standard InChI is InChI=1S/C13H25NO.ClH/c15-13-9-5-4-6-11(13)10-14-12-7-2-1-3-8-12;/h11-15H,1-10H2;1H/t11-,13+;/m0./s1. The predicted molar refractivity (Wildman–Crippen MR) is 70.1 cm³/mol. The lowest BCUT2D eigenvalue weighted by Crippen LogP contribution is -2.39. The summed E-state index contributed by atoms with van der Waals surface area (Å²) in [6.45, 7) is 1.05. The van der Waals surface area contributed by atoms with Crippen molar-refractivity contribution in [1.29, 1.82) is 0 Å². The molecule has 0 radical (unpaired) electrons. The molecule has 2 nitrogen and oxygen atoms in total. The monoisotopic (exact) mass is 247 g/mol. The molecular formula is C13H26ClNO. The minimum absolute atomic E-state index is 0. The van der Waals surface area contributed by atoms with Gasteiger partial charge >= 0.3 is 0 Å². The van der Waals surface area contributed by atoms with Crippen LogP contribution in [0.4, 0.5) is 0 Å². The molecule has 0 spiro atoms. The number of rotatable bonds is 3. The lowest BCUT2D eigenvalue weighted by molar-refractivity contribution is 0.0673. The Morgan fingerprint density at radius 2 is 1.50 bits per heavy atom. The Hall–Kier alpha value is 0.210. The van der Waals surface area contributed by atoms with E-state index in [0.717, 1.165) is 19.0 Å². The fraction of sp³-hybridized carbons (Fsp3) is 1.00. The molecule has 0 aromatic heterocycles. The molecule has 2 atom stereocenters. The summed E-state index contributed by atoms with van der Waals surface area (Å²) < 4.78 is 0. The van der Waals surface area contributed by atoms with Crippen LogP contribution in [0.15, 0.2) is 0 Å². The number of hydrogen-bond donors (Lipinski definition) is 2. The van der Waals surface area contributed by atoms with Crippen LogP contribution < -0.4 is 5.32 Å². The normalized spacial score (nSPS) is 32.1. The Morgan fingerprint density at radius 3 is 2.19 bits per heavy atom. The second-order valence-electron chi connectivity index (χ2n) is 5.36. The molecule has 0 saturated heterocycles. The van der Waals surface area contributed by atoms with Gasteiger partial charge in [-0.2, -0.15) is 0 Å². The van der Waals surface area contributed by atoms with Crippen molar-refractivity contribution in [3.05, 3.63) is 0 Å². The SMILES string of the molecule is Cl.O[C@@H]1CCCC[C@H]1CNC1CCCCC1. The van der Waals surface area contributed by atoms with Crippen molar-refractivity contribution in [2.75, 3.05) is 6.54 Å². The molecule has 2 N–H and O–H groups in total. The molecule has 0 unspecified atom stereocenters. The first-order valence-electron chi connectivity index (χ1n) is 6.78. The van der Waals surface area contributed by atoms with Gasteiger partial charge < -0.3 is 10.4 Å². The van der Waals surface area contributed by atoms with E-state index in [1.807, 2.05) is 0 Å². The third kappa shape index (κ3) is 4.23. The summed E-state index contributed by atoms with van der Waals surface area (Å²) in [6.07, 6.45) is 11.7. The van der Waals surface area contributed by atoms with Crippen LogP contribution in [0, 0.1) is 5.92 Å². The summed E-state index contributed by atoms with van der Waals surface area (Å²) in [5.41, 5.74) is 0. The summed E-state index contributed by atoms with van der Waals surface area (Å²) >= 11 is 0. The maximum atomic E-state index is 9.86. The van der Waals surface area contributed by atoms with Gasteiger partial charge in [-0.05, 0) is 31.6 Å². The van der Waals surface area contributed by atoms with Gasteiger partial charge in [-0.3, -0.25) is 0 Å². The lowest BCUT2D eigenvalue weighted by Gasteiger charge is -2.30. The summed E-state index contributed by atoms with van der Waals surface area (Å²) in [5.74, 6) is 0.528. The van der Waals surface area contributed by atoms with Crippen molar-refractivity contribution >= 4 is 12.4 Å². The molecule has 2 aliphatic carbocycles. The van der Waals surface area contributed by atoms with Gasteiger partial charge in [-0.15, -0.1) is 12.4 Å². The number of aliphatic hydroxyl groups is 1. The van der Waals surface area contributed by atoms with E-state index in [-0.39, 0.29) is 18.5 Å². The number of nitrogens with one attached hydrogen (secondary N) is 1. The molecule has 0 heterocycles. The van der Waals surface area contributed by atoms with Crippen molar-refractivity contribution in [1.82, 2.24) is 5.32 Å². The van der Waals surface area contributed by atoms with Gasteiger partial charge in [0, 0.05) is 12.6 Å². The van der Waals surface area contributed by atoms with Crippen molar-refractivity contribution in [2.45, 2.75) is 69.9 Å².